The van der Waals surface area contributed by atoms with Crippen molar-refractivity contribution in [2.45, 2.75) is 32.4 Å². The topological polar surface area (TPSA) is 88.3 Å². The molecule has 1 aliphatic rings. The molecule has 7 heteroatoms. The lowest BCUT2D eigenvalue weighted by Crippen LogP contribution is -2.42. The largest absolute Gasteiger partial charge is 0.349 e. The molecule has 0 spiro atoms. The minimum Gasteiger partial charge on any atom is -0.349 e. The molecule has 3 N–H and O–H groups in total. The summed E-state index contributed by atoms with van der Waals surface area (Å²) in [4.78, 5) is 30.5. The maximum absolute atomic E-state index is 12.6. The minimum absolute atomic E-state index is 0.0347. The van der Waals surface area contributed by atoms with Crippen LogP contribution in [-0.4, -0.2) is 40.8 Å². The first kappa shape index (κ1) is 18.5. The highest BCUT2D eigenvalue weighted by Gasteiger charge is 2.28. The lowest BCUT2D eigenvalue weighted by Gasteiger charge is -2.23. The zero-order chi connectivity index (χ0) is 18.5. The molecule has 2 heterocycles. The molecule has 26 heavy (non-hydrogen) atoms. The molecule has 2 aromatic rings. The van der Waals surface area contributed by atoms with Gasteiger partial charge in [0.25, 0.3) is 0 Å². The van der Waals surface area contributed by atoms with Crippen molar-refractivity contribution in [3.05, 3.63) is 40.7 Å². The van der Waals surface area contributed by atoms with Gasteiger partial charge in [0.2, 0.25) is 11.8 Å². The summed E-state index contributed by atoms with van der Waals surface area (Å²) in [6, 6.07) is 9.90. The highest BCUT2D eigenvalue weighted by Crippen LogP contribution is 2.22. The van der Waals surface area contributed by atoms with Gasteiger partial charge in [0, 0.05) is 37.0 Å². The molecular formula is C19H24N4O2S. The number of hydrogen-bond donors (Lipinski definition) is 2. The second-order valence-corrected chi connectivity index (χ2v) is 7.61. The normalized spacial score (nSPS) is 20.5. The van der Waals surface area contributed by atoms with Crippen molar-refractivity contribution in [3.63, 3.8) is 0 Å². The molecule has 138 valence electrons. The number of benzene rings is 1. The molecule has 1 aromatic carbocycles. The summed E-state index contributed by atoms with van der Waals surface area (Å²) in [5.74, 6) is -0.296. The summed E-state index contributed by atoms with van der Waals surface area (Å²) in [5, 5.41) is 5.83. The molecule has 1 saturated heterocycles. The summed E-state index contributed by atoms with van der Waals surface area (Å²) < 4.78 is 0. The number of aromatic nitrogens is 1. The van der Waals surface area contributed by atoms with Crippen LogP contribution in [-0.2, 0) is 16.1 Å². The van der Waals surface area contributed by atoms with Crippen molar-refractivity contribution in [3.8, 4) is 11.3 Å². The Kier molecular flexibility index (Phi) is 6.00. The fourth-order valence-corrected chi connectivity index (χ4v) is 3.88. The molecule has 3 rings (SSSR count). The molecule has 0 unspecified atom stereocenters. The van der Waals surface area contributed by atoms with Crippen LogP contribution >= 0.6 is 11.3 Å². The van der Waals surface area contributed by atoms with Crippen molar-refractivity contribution in [1.29, 1.82) is 0 Å². The Hall–Kier alpha value is -2.25. The Morgan fingerprint density at radius 2 is 2.04 bits per heavy atom. The minimum atomic E-state index is -0.221. The van der Waals surface area contributed by atoms with E-state index in [1.165, 1.54) is 18.3 Å². The van der Waals surface area contributed by atoms with E-state index in [-0.39, 0.29) is 23.8 Å². The van der Waals surface area contributed by atoms with E-state index in [0.29, 0.717) is 26.1 Å². The monoisotopic (exact) mass is 372 g/mol. The van der Waals surface area contributed by atoms with Crippen LogP contribution in [0.15, 0.2) is 35.7 Å². The quantitative estimate of drug-likeness (QED) is 0.859. The number of thiazole rings is 1. The maximum atomic E-state index is 12.6. The summed E-state index contributed by atoms with van der Waals surface area (Å²) in [6.45, 7) is 2.88. The number of amides is 2. The zero-order valence-corrected chi connectivity index (χ0v) is 15.7. The van der Waals surface area contributed by atoms with Gasteiger partial charge in [-0.15, -0.1) is 11.3 Å². The molecule has 0 saturated carbocycles. The predicted octanol–water partition coefficient (Wildman–Crippen LogP) is 2.01. The smallest absolute Gasteiger partial charge is 0.225 e. The van der Waals surface area contributed by atoms with E-state index >= 15 is 0 Å². The highest BCUT2D eigenvalue weighted by atomic mass is 32.1. The first-order valence-corrected chi connectivity index (χ1v) is 9.69. The number of carbonyl (C=O) groups is 2. The Morgan fingerprint density at radius 3 is 2.77 bits per heavy atom. The van der Waals surface area contributed by atoms with Gasteiger partial charge >= 0.3 is 0 Å². The fraction of sp³-hybridized carbons (Fsp3) is 0.421. The first-order chi connectivity index (χ1) is 12.5. The Labute approximate surface area is 157 Å². The van der Waals surface area contributed by atoms with Crippen LogP contribution in [0.25, 0.3) is 11.3 Å². The van der Waals surface area contributed by atoms with E-state index < -0.39 is 0 Å². The number of carbonyl (C=O) groups excluding carboxylic acids is 2. The van der Waals surface area contributed by atoms with Gasteiger partial charge in [0.1, 0.15) is 5.01 Å². The fourth-order valence-electron chi connectivity index (χ4n) is 3.13. The second kappa shape index (κ2) is 8.42. The van der Waals surface area contributed by atoms with Crippen LogP contribution in [0.1, 0.15) is 24.8 Å². The molecule has 2 amide bonds. The molecule has 1 aromatic heterocycles. The third-order valence-electron chi connectivity index (χ3n) is 4.63. The van der Waals surface area contributed by atoms with Gasteiger partial charge in [-0.05, 0) is 12.8 Å². The van der Waals surface area contributed by atoms with Crippen LogP contribution in [0.5, 0.6) is 0 Å². The van der Waals surface area contributed by atoms with Crippen LogP contribution < -0.4 is 11.1 Å². The number of nitrogens with one attached hydrogen (secondary N) is 1. The molecule has 0 aliphatic carbocycles. The summed E-state index contributed by atoms with van der Waals surface area (Å²) in [5.41, 5.74) is 8.00. The predicted molar refractivity (Wildman–Crippen MR) is 102 cm³/mol. The third kappa shape index (κ3) is 4.68. The van der Waals surface area contributed by atoms with Gasteiger partial charge in [-0.3, -0.25) is 9.59 Å². The molecule has 2 atom stereocenters. The average Bonchev–Trinajstić information content (AvgIpc) is 3.02. The number of rotatable bonds is 4. The van der Waals surface area contributed by atoms with Gasteiger partial charge in [-0.1, -0.05) is 30.3 Å². The second-order valence-electron chi connectivity index (χ2n) is 6.67. The van der Waals surface area contributed by atoms with E-state index in [4.69, 9.17) is 5.73 Å². The Morgan fingerprint density at radius 1 is 1.27 bits per heavy atom. The third-order valence-corrected chi connectivity index (χ3v) is 5.48. The lowest BCUT2D eigenvalue weighted by molar-refractivity contribution is -0.131. The van der Waals surface area contributed by atoms with Crippen LogP contribution in [0.3, 0.4) is 0 Å². The number of likely N-dealkylation sites (tertiary alicyclic amines) is 1. The van der Waals surface area contributed by atoms with E-state index in [0.717, 1.165) is 22.7 Å². The lowest BCUT2D eigenvalue weighted by atomic mass is 10.0. The zero-order valence-electron chi connectivity index (χ0n) is 14.9. The standard InChI is InChI=1S/C19H24N4O2S/c1-13(24)23-10-15(7-8-16(20)11-23)19(25)21-9-18-22-17(12-26-18)14-5-3-2-4-6-14/h2-6,12,15-16H,7-11,20H2,1H3,(H,21,25)/t15-,16+/m1/s1. The van der Waals surface area contributed by atoms with E-state index in [1.807, 2.05) is 35.7 Å². The van der Waals surface area contributed by atoms with E-state index in [1.54, 1.807) is 4.90 Å². The summed E-state index contributed by atoms with van der Waals surface area (Å²) >= 11 is 1.53. The van der Waals surface area contributed by atoms with Crippen molar-refractivity contribution in [1.82, 2.24) is 15.2 Å². The molecule has 1 aliphatic heterocycles. The molecule has 0 bridgehead atoms. The van der Waals surface area contributed by atoms with Crippen molar-refractivity contribution in [2.24, 2.45) is 11.7 Å². The van der Waals surface area contributed by atoms with Gasteiger partial charge in [0.15, 0.2) is 0 Å². The van der Waals surface area contributed by atoms with E-state index in [9.17, 15) is 9.59 Å². The molecule has 0 radical (unpaired) electrons. The van der Waals surface area contributed by atoms with E-state index in [2.05, 4.69) is 10.3 Å². The SMILES string of the molecule is CC(=O)N1C[C@@H](N)CC[C@@H](C(=O)NCc2nc(-c3ccccc3)cs2)C1. The van der Waals surface area contributed by atoms with Crippen molar-refractivity contribution >= 4 is 23.2 Å². The summed E-state index contributed by atoms with van der Waals surface area (Å²) in [7, 11) is 0. The number of nitrogens with zero attached hydrogens (tertiary/aromatic N) is 2. The van der Waals surface area contributed by atoms with Gasteiger partial charge < -0.3 is 16.0 Å². The van der Waals surface area contributed by atoms with Crippen molar-refractivity contribution < 1.29 is 9.59 Å². The maximum Gasteiger partial charge on any atom is 0.225 e. The summed E-state index contributed by atoms with van der Waals surface area (Å²) in [6.07, 6.45) is 1.45. The van der Waals surface area contributed by atoms with Crippen LogP contribution in [0, 0.1) is 5.92 Å². The Bertz CT molecular complexity index is 762. The van der Waals surface area contributed by atoms with Gasteiger partial charge in [-0.25, -0.2) is 4.98 Å². The first-order valence-electron chi connectivity index (χ1n) is 8.81. The highest BCUT2D eigenvalue weighted by molar-refractivity contribution is 7.09. The van der Waals surface area contributed by atoms with Crippen molar-refractivity contribution in [2.75, 3.05) is 13.1 Å². The molecule has 1 fully saturated rings. The van der Waals surface area contributed by atoms with Gasteiger partial charge in [0.05, 0.1) is 18.2 Å². The Balaban J connectivity index is 1.58. The van der Waals surface area contributed by atoms with Gasteiger partial charge in [-0.2, -0.15) is 0 Å². The number of hydrogen-bond acceptors (Lipinski definition) is 5. The average molecular weight is 372 g/mol. The van der Waals surface area contributed by atoms with Crippen LogP contribution in [0.4, 0.5) is 0 Å². The number of nitrogens with two attached hydrogens (primary N) is 1. The molecule has 6 nitrogen and oxygen atoms in total. The van der Waals surface area contributed by atoms with Crippen LogP contribution in [0.2, 0.25) is 0 Å². The molecular weight excluding hydrogens is 348 g/mol.